The molecule has 0 fully saturated rings. The van der Waals surface area contributed by atoms with Crippen molar-refractivity contribution in [1.29, 1.82) is 0 Å². The zero-order chi connectivity index (χ0) is 19.0. The zero-order valence-corrected chi connectivity index (χ0v) is 15.2. The van der Waals surface area contributed by atoms with E-state index in [-0.39, 0.29) is 24.8 Å². The van der Waals surface area contributed by atoms with Gasteiger partial charge < -0.3 is 10.2 Å². The van der Waals surface area contributed by atoms with Gasteiger partial charge in [-0.05, 0) is 24.3 Å². The normalized spacial score (nSPS) is 13.1. The average molecular weight is 378 g/mol. The number of hydrogen-bond acceptors (Lipinski definition) is 3. The molecule has 6 heteroatoms. The van der Waals surface area contributed by atoms with Crippen molar-refractivity contribution in [2.75, 3.05) is 11.9 Å². The van der Waals surface area contributed by atoms with E-state index in [1.807, 2.05) is 30.3 Å². The monoisotopic (exact) mass is 377 g/mol. The molecular formula is C21H16ClN3O2. The predicted octanol–water partition coefficient (Wildman–Crippen LogP) is 4.34. The number of nitrogens with one attached hydrogen (secondary N) is 1. The number of pyridine rings is 1. The number of aromatic nitrogens is 1. The number of nitrogens with zero attached hydrogens (tertiary/aromatic N) is 2. The number of carbonyl (C=O) groups excluding carboxylic acids is 2. The molecule has 2 aromatic carbocycles. The molecule has 3 aromatic rings. The molecule has 27 heavy (non-hydrogen) atoms. The molecule has 5 nitrogen and oxygen atoms in total. The lowest BCUT2D eigenvalue weighted by atomic mass is 10.1. The molecule has 0 atom stereocenters. The predicted molar refractivity (Wildman–Crippen MR) is 107 cm³/mol. The molecule has 0 aliphatic carbocycles. The van der Waals surface area contributed by atoms with E-state index in [4.69, 9.17) is 11.6 Å². The maximum Gasteiger partial charge on any atom is 0.258 e. The van der Waals surface area contributed by atoms with Crippen molar-refractivity contribution < 1.29 is 9.59 Å². The lowest BCUT2D eigenvalue weighted by molar-refractivity contribution is -0.116. The maximum atomic E-state index is 12.5. The van der Waals surface area contributed by atoms with E-state index in [1.54, 1.807) is 29.3 Å². The minimum absolute atomic E-state index is 0.127. The highest BCUT2D eigenvalue weighted by atomic mass is 35.5. The summed E-state index contributed by atoms with van der Waals surface area (Å²) < 4.78 is 0. The van der Waals surface area contributed by atoms with E-state index >= 15 is 0 Å². The number of rotatable bonds is 4. The summed E-state index contributed by atoms with van der Waals surface area (Å²) in [6.07, 6.45) is 1.80. The Morgan fingerprint density at radius 2 is 1.93 bits per heavy atom. The molecule has 0 saturated carbocycles. The van der Waals surface area contributed by atoms with Gasteiger partial charge in [0, 0.05) is 46.4 Å². The van der Waals surface area contributed by atoms with Gasteiger partial charge in [0.05, 0.1) is 11.2 Å². The summed E-state index contributed by atoms with van der Waals surface area (Å²) in [5.41, 5.74) is 3.28. The standard InChI is InChI=1S/C21H16ClN3O2/c1-13-16-6-2-3-7-17(16)21(27)25(13)10-8-19(26)24-18-12-15(22)11-14-5-4-9-23-20(14)18/h2-7,9,11-12H,1,8,10H2,(H,24,26). The van der Waals surface area contributed by atoms with E-state index in [0.29, 0.717) is 27.5 Å². The molecule has 0 saturated heterocycles. The number of carbonyl (C=O) groups is 2. The van der Waals surface area contributed by atoms with Gasteiger partial charge in [-0.25, -0.2) is 0 Å². The molecule has 2 heterocycles. The fourth-order valence-electron chi connectivity index (χ4n) is 3.25. The molecule has 0 spiro atoms. The summed E-state index contributed by atoms with van der Waals surface area (Å²) in [5.74, 6) is -0.348. The van der Waals surface area contributed by atoms with Gasteiger partial charge in [-0.15, -0.1) is 0 Å². The van der Waals surface area contributed by atoms with Crippen LogP contribution in [0.2, 0.25) is 5.02 Å². The van der Waals surface area contributed by atoms with Crippen molar-refractivity contribution in [3.8, 4) is 0 Å². The van der Waals surface area contributed by atoms with Crippen LogP contribution in [-0.4, -0.2) is 28.2 Å². The maximum absolute atomic E-state index is 12.5. The first-order valence-electron chi connectivity index (χ1n) is 8.49. The van der Waals surface area contributed by atoms with Crippen molar-refractivity contribution in [3.05, 3.63) is 77.5 Å². The van der Waals surface area contributed by atoms with Gasteiger partial charge in [0.2, 0.25) is 5.91 Å². The summed E-state index contributed by atoms with van der Waals surface area (Å²) in [5, 5.41) is 4.21. The van der Waals surface area contributed by atoms with Gasteiger partial charge >= 0.3 is 0 Å². The Morgan fingerprint density at radius 3 is 2.70 bits per heavy atom. The number of anilines is 1. The summed E-state index contributed by atoms with van der Waals surface area (Å²) in [6.45, 7) is 4.24. The number of benzene rings is 2. The Labute approximate surface area is 161 Å². The molecule has 0 unspecified atom stereocenters. The first kappa shape index (κ1) is 17.2. The zero-order valence-electron chi connectivity index (χ0n) is 14.4. The number of hydrogen-bond donors (Lipinski definition) is 1. The molecule has 4 rings (SSSR count). The second kappa shape index (κ2) is 6.85. The van der Waals surface area contributed by atoms with E-state index in [1.165, 1.54) is 0 Å². The van der Waals surface area contributed by atoms with Gasteiger partial charge in [-0.1, -0.05) is 42.4 Å². The summed E-state index contributed by atoms with van der Waals surface area (Å²) >= 11 is 6.13. The van der Waals surface area contributed by atoms with Crippen LogP contribution in [0, 0.1) is 0 Å². The molecule has 1 aliphatic rings. The Bertz CT molecular complexity index is 1060. The van der Waals surface area contributed by atoms with Crippen molar-refractivity contribution in [2.45, 2.75) is 6.42 Å². The van der Waals surface area contributed by atoms with E-state index in [9.17, 15) is 9.59 Å². The van der Waals surface area contributed by atoms with Gasteiger partial charge in [-0.2, -0.15) is 0 Å². The Kier molecular flexibility index (Phi) is 4.38. The molecule has 0 bridgehead atoms. The smallest absolute Gasteiger partial charge is 0.258 e. The fourth-order valence-corrected chi connectivity index (χ4v) is 3.47. The van der Waals surface area contributed by atoms with Crippen LogP contribution in [0.5, 0.6) is 0 Å². The van der Waals surface area contributed by atoms with Crippen molar-refractivity contribution in [3.63, 3.8) is 0 Å². The minimum atomic E-state index is -0.222. The fraction of sp³-hybridized carbons (Fsp3) is 0.0952. The Balaban J connectivity index is 1.47. The van der Waals surface area contributed by atoms with Crippen LogP contribution in [0.25, 0.3) is 16.6 Å². The van der Waals surface area contributed by atoms with Crippen LogP contribution >= 0.6 is 11.6 Å². The van der Waals surface area contributed by atoms with Crippen LogP contribution in [-0.2, 0) is 4.79 Å². The summed E-state index contributed by atoms with van der Waals surface area (Å²) in [6, 6.07) is 14.5. The molecule has 134 valence electrons. The number of halogens is 1. The molecule has 2 amide bonds. The first-order valence-corrected chi connectivity index (χ1v) is 8.86. The molecule has 0 radical (unpaired) electrons. The lowest BCUT2D eigenvalue weighted by Gasteiger charge is -2.17. The minimum Gasteiger partial charge on any atom is -0.324 e. The lowest BCUT2D eigenvalue weighted by Crippen LogP contribution is -2.27. The quantitative estimate of drug-likeness (QED) is 0.735. The van der Waals surface area contributed by atoms with Crippen molar-refractivity contribution in [1.82, 2.24) is 9.88 Å². The molecular weight excluding hydrogens is 362 g/mol. The van der Waals surface area contributed by atoms with Crippen LogP contribution in [0.4, 0.5) is 5.69 Å². The van der Waals surface area contributed by atoms with E-state index < -0.39 is 0 Å². The third kappa shape index (κ3) is 3.17. The third-order valence-corrected chi connectivity index (χ3v) is 4.76. The third-order valence-electron chi connectivity index (χ3n) is 4.55. The average Bonchev–Trinajstić information content (AvgIpc) is 2.91. The van der Waals surface area contributed by atoms with Gasteiger partial charge in [0.25, 0.3) is 5.91 Å². The van der Waals surface area contributed by atoms with Gasteiger partial charge in [-0.3, -0.25) is 14.6 Å². The van der Waals surface area contributed by atoms with Crippen LogP contribution < -0.4 is 5.32 Å². The van der Waals surface area contributed by atoms with Gasteiger partial charge in [0.15, 0.2) is 0 Å². The summed E-state index contributed by atoms with van der Waals surface area (Å²) in [4.78, 5) is 30.8. The molecule has 1 N–H and O–H groups in total. The second-order valence-electron chi connectivity index (χ2n) is 6.28. The molecule has 1 aliphatic heterocycles. The van der Waals surface area contributed by atoms with E-state index in [2.05, 4.69) is 16.9 Å². The van der Waals surface area contributed by atoms with Crippen molar-refractivity contribution >= 4 is 45.7 Å². The highest BCUT2D eigenvalue weighted by molar-refractivity contribution is 6.32. The second-order valence-corrected chi connectivity index (χ2v) is 6.71. The SMILES string of the molecule is C=C1c2ccccc2C(=O)N1CCC(=O)Nc1cc(Cl)cc2cccnc12. The van der Waals surface area contributed by atoms with E-state index in [0.717, 1.165) is 10.9 Å². The topological polar surface area (TPSA) is 62.3 Å². The largest absolute Gasteiger partial charge is 0.324 e. The number of amides is 2. The first-order chi connectivity index (χ1) is 13.0. The summed E-state index contributed by atoms with van der Waals surface area (Å²) in [7, 11) is 0. The molecule has 1 aromatic heterocycles. The number of fused-ring (bicyclic) bond motifs is 2. The Morgan fingerprint density at radius 1 is 1.15 bits per heavy atom. The highest BCUT2D eigenvalue weighted by Crippen LogP contribution is 2.31. The van der Waals surface area contributed by atoms with Gasteiger partial charge in [0.1, 0.15) is 0 Å². The van der Waals surface area contributed by atoms with Crippen LogP contribution in [0.3, 0.4) is 0 Å². The van der Waals surface area contributed by atoms with Crippen LogP contribution in [0.1, 0.15) is 22.3 Å². The van der Waals surface area contributed by atoms with Crippen molar-refractivity contribution in [2.24, 2.45) is 0 Å². The van der Waals surface area contributed by atoms with Crippen LogP contribution in [0.15, 0.2) is 61.3 Å². The highest BCUT2D eigenvalue weighted by Gasteiger charge is 2.30. The Hall–Kier alpha value is -3.18.